The van der Waals surface area contributed by atoms with E-state index in [4.69, 9.17) is 16.2 Å². The Balaban J connectivity index is 2.73. The third kappa shape index (κ3) is 4.18. The minimum atomic E-state index is -1.02. The number of carbonyl (C=O) groups excluding carboxylic acids is 3. The molecule has 19 heavy (non-hydrogen) atoms. The van der Waals surface area contributed by atoms with Crippen molar-refractivity contribution in [3.05, 3.63) is 0 Å². The van der Waals surface area contributed by atoms with Crippen molar-refractivity contribution < 1.29 is 19.1 Å². The molecule has 2 atom stereocenters. The summed E-state index contributed by atoms with van der Waals surface area (Å²) in [6.07, 6.45) is -0.238. The molecule has 1 aliphatic heterocycles. The average Bonchev–Trinajstić information content (AvgIpc) is 2.37. The third-order valence-corrected chi connectivity index (χ3v) is 2.80. The Kier molecular flexibility index (Phi) is 5.71. The molecular weight excluding hydrogens is 252 g/mol. The van der Waals surface area contributed by atoms with Crippen molar-refractivity contribution in [2.75, 3.05) is 26.3 Å². The summed E-state index contributed by atoms with van der Waals surface area (Å²) < 4.78 is 5.20. The average molecular weight is 272 g/mol. The summed E-state index contributed by atoms with van der Waals surface area (Å²) in [5, 5.41) is 2.63. The van der Waals surface area contributed by atoms with E-state index in [9.17, 15) is 14.4 Å². The lowest BCUT2D eigenvalue weighted by atomic mass is 10.1. The SMILES string of the molecule is CCNC(=O)C1COCCN1C(=O)C(N)CC(N)=O. The largest absolute Gasteiger partial charge is 0.377 e. The number of amides is 3. The number of primary amides is 1. The van der Waals surface area contributed by atoms with Crippen molar-refractivity contribution in [1.29, 1.82) is 0 Å². The second-order valence-corrected chi connectivity index (χ2v) is 4.29. The van der Waals surface area contributed by atoms with Gasteiger partial charge in [-0.25, -0.2) is 0 Å². The summed E-state index contributed by atoms with van der Waals surface area (Å²) >= 11 is 0. The first-order chi connectivity index (χ1) is 8.97. The van der Waals surface area contributed by atoms with E-state index in [1.807, 2.05) is 0 Å². The van der Waals surface area contributed by atoms with Crippen LogP contribution in [-0.2, 0) is 19.1 Å². The minimum absolute atomic E-state index is 0.126. The first-order valence-electron chi connectivity index (χ1n) is 6.17. The maximum atomic E-state index is 12.1. The topological polar surface area (TPSA) is 128 Å². The Bertz CT molecular complexity index is 361. The second kappa shape index (κ2) is 7.05. The van der Waals surface area contributed by atoms with Gasteiger partial charge in [0.1, 0.15) is 6.04 Å². The molecule has 1 fully saturated rings. The van der Waals surface area contributed by atoms with Crippen LogP contribution in [0.3, 0.4) is 0 Å². The highest BCUT2D eigenvalue weighted by molar-refractivity contribution is 5.92. The molecule has 0 aromatic heterocycles. The molecule has 108 valence electrons. The fourth-order valence-corrected chi connectivity index (χ4v) is 1.89. The molecule has 8 nitrogen and oxygen atoms in total. The number of nitrogens with two attached hydrogens (primary N) is 2. The van der Waals surface area contributed by atoms with Gasteiger partial charge in [0.2, 0.25) is 17.7 Å². The van der Waals surface area contributed by atoms with Gasteiger partial charge >= 0.3 is 0 Å². The van der Waals surface area contributed by atoms with Crippen LogP contribution in [0.5, 0.6) is 0 Å². The van der Waals surface area contributed by atoms with E-state index in [2.05, 4.69) is 5.32 Å². The quantitative estimate of drug-likeness (QED) is 0.512. The van der Waals surface area contributed by atoms with Gasteiger partial charge in [-0.3, -0.25) is 14.4 Å². The standard InChI is InChI=1S/C11H20N4O4/c1-2-14-10(17)8-6-19-4-3-15(8)11(18)7(12)5-9(13)16/h7-8H,2-6,12H2,1H3,(H2,13,16)(H,14,17). The number of morpholine rings is 1. The molecule has 1 saturated heterocycles. The van der Waals surface area contributed by atoms with Gasteiger partial charge in [0.25, 0.3) is 0 Å². The Morgan fingerprint density at radius 1 is 1.47 bits per heavy atom. The van der Waals surface area contributed by atoms with E-state index in [0.29, 0.717) is 13.2 Å². The zero-order valence-corrected chi connectivity index (χ0v) is 10.9. The monoisotopic (exact) mass is 272 g/mol. The van der Waals surface area contributed by atoms with Crippen LogP contribution >= 0.6 is 0 Å². The molecule has 0 saturated carbocycles. The zero-order chi connectivity index (χ0) is 14.4. The van der Waals surface area contributed by atoms with Crippen molar-refractivity contribution in [3.8, 4) is 0 Å². The second-order valence-electron chi connectivity index (χ2n) is 4.29. The van der Waals surface area contributed by atoms with Gasteiger partial charge in [-0.2, -0.15) is 0 Å². The number of hydrogen-bond acceptors (Lipinski definition) is 5. The van der Waals surface area contributed by atoms with Crippen LogP contribution in [0.1, 0.15) is 13.3 Å². The number of nitrogens with zero attached hydrogens (tertiary/aromatic N) is 1. The molecule has 0 bridgehead atoms. The number of ether oxygens (including phenoxy) is 1. The fraction of sp³-hybridized carbons (Fsp3) is 0.727. The minimum Gasteiger partial charge on any atom is -0.377 e. The summed E-state index contributed by atoms with van der Waals surface area (Å²) in [5.74, 6) is -1.40. The summed E-state index contributed by atoms with van der Waals surface area (Å²) in [5.41, 5.74) is 10.6. The molecule has 0 aromatic carbocycles. The molecule has 0 aliphatic carbocycles. The van der Waals surface area contributed by atoms with Gasteiger partial charge in [-0.05, 0) is 6.92 Å². The van der Waals surface area contributed by atoms with E-state index in [1.165, 1.54) is 4.90 Å². The lowest BCUT2D eigenvalue weighted by Gasteiger charge is -2.35. The van der Waals surface area contributed by atoms with E-state index in [0.717, 1.165) is 0 Å². The van der Waals surface area contributed by atoms with Crippen molar-refractivity contribution in [2.24, 2.45) is 11.5 Å². The molecule has 0 spiro atoms. The van der Waals surface area contributed by atoms with Crippen molar-refractivity contribution in [1.82, 2.24) is 10.2 Å². The third-order valence-electron chi connectivity index (χ3n) is 2.80. The molecule has 5 N–H and O–H groups in total. The normalized spacial score (nSPS) is 20.7. The van der Waals surface area contributed by atoms with E-state index >= 15 is 0 Å². The van der Waals surface area contributed by atoms with E-state index in [1.54, 1.807) is 6.92 Å². The Morgan fingerprint density at radius 2 is 2.16 bits per heavy atom. The van der Waals surface area contributed by atoms with Crippen LogP contribution in [0.25, 0.3) is 0 Å². The van der Waals surface area contributed by atoms with E-state index in [-0.39, 0.29) is 25.5 Å². The predicted molar refractivity (Wildman–Crippen MR) is 66.8 cm³/mol. The molecule has 0 radical (unpaired) electrons. The number of carbonyl (C=O) groups is 3. The lowest BCUT2D eigenvalue weighted by Crippen LogP contribution is -2.59. The first kappa shape index (κ1) is 15.4. The Labute approximate surface area is 111 Å². The Morgan fingerprint density at radius 3 is 2.74 bits per heavy atom. The summed E-state index contributed by atoms with van der Waals surface area (Å²) in [6.45, 7) is 2.98. The number of nitrogens with one attached hydrogen (secondary N) is 1. The number of likely N-dealkylation sites (N-methyl/N-ethyl adjacent to an activating group) is 1. The van der Waals surface area contributed by atoms with Gasteiger partial charge in [0, 0.05) is 13.1 Å². The van der Waals surface area contributed by atoms with Gasteiger partial charge in [-0.15, -0.1) is 0 Å². The first-order valence-corrected chi connectivity index (χ1v) is 6.17. The Hall–Kier alpha value is -1.67. The maximum Gasteiger partial charge on any atom is 0.245 e. The van der Waals surface area contributed by atoms with Gasteiger partial charge in [-0.1, -0.05) is 0 Å². The van der Waals surface area contributed by atoms with Gasteiger partial charge in [0.15, 0.2) is 0 Å². The van der Waals surface area contributed by atoms with Gasteiger partial charge in [0.05, 0.1) is 25.7 Å². The predicted octanol–water partition coefficient (Wildman–Crippen LogP) is -2.45. The van der Waals surface area contributed by atoms with Crippen LogP contribution in [0, 0.1) is 0 Å². The smallest absolute Gasteiger partial charge is 0.245 e. The highest BCUT2D eigenvalue weighted by atomic mass is 16.5. The van der Waals surface area contributed by atoms with Crippen LogP contribution < -0.4 is 16.8 Å². The van der Waals surface area contributed by atoms with E-state index < -0.39 is 23.9 Å². The molecule has 2 unspecified atom stereocenters. The number of rotatable bonds is 5. The van der Waals surface area contributed by atoms with Crippen molar-refractivity contribution >= 4 is 17.7 Å². The molecule has 1 aliphatic rings. The lowest BCUT2D eigenvalue weighted by molar-refractivity contribution is -0.149. The van der Waals surface area contributed by atoms with Crippen LogP contribution in [0.15, 0.2) is 0 Å². The van der Waals surface area contributed by atoms with Crippen LogP contribution in [-0.4, -0.2) is 61.0 Å². The summed E-state index contributed by atoms with van der Waals surface area (Å²) in [7, 11) is 0. The highest BCUT2D eigenvalue weighted by Crippen LogP contribution is 2.10. The zero-order valence-electron chi connectivity index (χ0n) is 10.9. The molecule has 1 heterocycles. The molecular formula is C11H20N4O4. The van der Waals surface area contributed by atoms with Gasteiger partial charge < -0.3 is 26.4 Å². The summed E-state index contributed by atoms with van der Waals surface area (Å²) in [6, 6.07) is -1.73. The molecule has 3 amide bonds. The van der Waals surface area contributed by atoms with Crippen LogP contribution in [0.2, 0.25) is 0 Å². The van der Waals surface area contributed by atoms with Crippen molar-refractivity contribution in [3.63, 3.8) is 0 Å². The molecule has 8 heteroatoms. The maximum absolute atomic E-state index is 12.1. The van der Waals surface area contributed by atoms with Crippen molar-refractivity contribution in [2.45, 2.75) is 25.4 Å². The molecule has 0 aromatic rings. The number of hydrogen-bond donors (Lipinski definition) is 3. The molecule has 1 rings (SSSR count). The summed E-state index contributed by atoms with van der Waals surface area (Å²) in [4.78, 5) is 36.1. The highest BCUT2D eigenvalue weighted by Gasteiger charge is 2.35. The fourth-order valence-electron chi connectivity index (χ4n) is 1.89. The van der Waals surface area contributed by atoms with Crippen LogP contribution in [0.4, 0.5) is 0 Å².